The van der Waals surface area contributed by atoms with Crippen LogP contribution in [0.15, 0.2) is 30.3 Å². The monoisotopic (exact) mass is 326 g/mol. The molecule has 0 fully saturated rings. The molecule has 0 aliphatic heterocycles. The summed E-state index contributed by atoms with van der Waals surface area (Å²) in [4.78, 5) is 11.9. The fourth-order valence-electron chi connectivity index (χ4n) is 2.12. The first-order valence-electron chi connectivity index (χ1n) is 7.17. The molecule has 0 spiro atoms. The Balaban J connectivity index is 2.47. The lowest BCUT2D eigenvalue weighted by Gasteiger charge is -2.15. The number of benzene rings is 2. The number of hydrogen-bond acceptors (Lipinski definition) is 3. The van der Waals surface area contributed by atoms with E-state index in [-0.39, 0.29) is 17.4 Å². The number of halogens is 3. The summed E-state index contributed by atoms with van der Waals surface area (Å²) in [6, 6.07) is 6.26. The van der Waals surface area contributed by atoms with E-state index in [1.54, 1.807) is 6.92 Å². The zero-order chi connectivity index (χ0) is 17.2. The minimum Gasteiger partial charge on any atom is -0.492 e. The molecule has 2 rings (SSSR count). The van der Waals surface area contributed by atoms with Crippen LogP contribution in [0, 0.1) is 5.92 Å². The van der Waals surface area contributed by atoms with Crippen LogP contribution in [0.4, 0.5) is 13.2 Å². The fourth-order valence-corrected chi connectivity index (χ4v) is 2.12. The van der Waals surface area contributed by atoms with Gasteiger partial charge in [0.25, 0.3) is 0 Å². The Morgan fingerprint density at radius 1 is 1.22 bits per heavy atom. The topological polar surface area (TPSA) is 35.5 Å². The second-order valence-electron chi connectivity index (χ2n) is 5.26. The van der Waals surface area contributed by atoms with E-state index in [4.69, 9.17) is 9.47 Å². The molecule has 0 heterocycles. The van der Waals surface area contributed by atoms with Crippen LogP contribution < -0.4 is 9.47 Å². The summed E-state index contributed by atoms with van der Waals surface area (Å²) in [5.41, 5.74) is -0.739. The molecule has 3 nitrogen and oxygen atoms in total. The number of ether oxygens (including phenoxy) is 2. The zero-order valence-electron chi connectivity index (χ0n) is 13.0. The second kappa shape index (κ2) is 6.48. The van der Waals surface area contributed by atoms with E-state index in [1.165, 1.54) is 25.3 Å². The molecule has 0 bridgehead atoms. The summed E-state index contributed by atoms with van der Waals surface area (Å²) in [5, 5.41) is 0.815. The van der Waals surface area contributed by atoms with Gasteiger partial charge < -0.3 is 9.47 Å². The minimum absolute atomic E-state index is 0.199. The van der Waals surface area contributed by atoms with E-state index >= 15 is 0 Å². The van der Waals surface area contributed by atoms with Gasteiger partial charge in [0, 0.05) is 5.39 Å². The summed E-state index contributed by atoms with van der Waals surface area (Å²) in [7, 11) is 1.38. The largest absolute Gasteiger partial charge is 0.492 e. The summed E-state index contributed by atoms with van der Waals surface area (Å²) >= 11 is 0. The van der Waals surface area contributed by atoms with E-state index in [1.807, 2.05) is 6.92 Å². The number of carbonyl (C=O) groups excluding carboxylic acids is 1. The van der Waals surface area contributed by atoms with Crippen molar-refractivity contribution in [3.8, 4) is 11.5 Å². The van der Waals surface area contributed by atoms with Crippen molar-refractivity contribution in [2.45, 2.75) is 26.4 Å². The molecule has 124 valence electrons. The molecule has 0 saturated heterocycles. The van der Waals surface area contributed by atoms with Gasteiger partial charge >= 0.3 is 12.1 Å². The van der Waals surface area contributed by atoms with Gasteiger partial charge in [-0.2, -0.15) is 13.2 Å². The highest BCUT2D eigenvalue weighted by molar-refractivity contribution is 5.92. The highest BCUT2D eigenvalue weighted by atomic mass is 19.4. The van der Waals surface area contributed by atoms with Crippen molar-refractivity contribution in [1.29, 1.82) is 0 Å². The van der Waals surface area contributed by atoms with Crippen molar-refractivity contribution >= 4 is 16.7 Å². The normalized spacial score (nSPS) is 13.0. The van der Waals surface area contributed by atoms with Crippen LogP contribution >= 0.6 is 0 Å². The number of hydrogen-bond donors (Lipinski definition) is 0. The van der Waals surface area contributed by atoms with E-state index in [2.05, 4.69) is 0 Å². The summed E-state index contributed by atoms with van der Waals surface area (Å²) in [5.74, 6) is -0.238. The van der Waals surface area contributed by atoms with Crippen molar-refractivity contribution in [3.63, 3.8) is 0 Å². The molecule has 0 amide bonds. The van der Waals surface area contributed by atoms with Crippen LogP contribution in [-0.4, -0.2) is 13.1 Å². The Bertz CT molecular complexity index is 723. The van der Waals surface area contributed by atoms with E-state index < -0.39 is 17.7 Å². The van der Waals surface area contributed by atoms with Gasteiger partial charge in [0.15, 0.2) is 11.5 Å². The van der Waals surface area contributed by atoms with Crippen LogP contribution in [-0.2, 0) is 11.0 Å². The minimum atomic E-state index is -4.41. The molecule has 0 radical (unpaired) electrons. The average Bonchev–Trinajstić information content (AvgIpc) is 2.52. The summed E-state index contributed by atoms with van der Waals surface area (Å²) in [6.07, 6.45) is -3.78. The first kappa shape index (κ1) is 17.1. The fraction of sp³-hybridized carbons (Fsp3) is 0.353. The molecule has 0 aliphatic carbocycles. The van der Waals surface area contributed by atoms with Crippen LogP contribution in [0.2, 0.25) is 0 Å². The number of rotatable bonds is 4. The molecule has 2 aromatic carbocycles. The molecule has 0 N–H and O–H groups in total. The molecule has 0 aromatic heterocycles. The quantitative estimate of drug-likeness (QED) is 0.597. The molecule has 0 saturated carbocycles. The third-order valence-corrected chi connectivity index (χ3v) is 3.69. The number of fused-ring (bicyclic) bond motifs is 1. The number of methoxy groups -OCH3 is 1. The molecule has 6 heteroatoms. The lowest BCUT2D eigenvalue weighted by Crippen LogP contribution is -2.17. The molecule has 1 atom stereocenters. The maximum atomic E-state index is 12.8. The predicted octanol–water partition coefficient (Wildman–Crippen LogP) is 4.82. The van der Waals surface area contributed by atoms with Crippen LogP contribution in [0.25, 0.3) is 10.8 Å². The maximum absolute atomic E-state index is 12.8. The van der Waals surface area contributed by atoms with Gasteiger partial charge in [-0.15, -0.1) is 0 Å². The van der Waals surface area contributed by atoms with Gasteiger partial charge in [-0.1, -0.05) is 19.9 Å². The van der Waals surface area contributed by atoms with Gasteiger partial charge in [0.2, 0.25) is 0 Å². The third kappa shape index (κ3) is 3.57. The van der Waals surface area contributed by atoms with E-state index in [9.17, 15) is 18.0 Å². The lowest BCUT2D eigenvalue weighted by atomic mass is 10.1. The van der Waals surface area contributed by atoms with Gasteiger partial charge in [-0.3, -0.25) is 4.79 Å². The first-order chi connectivity index (χ1) is 10.8. The Morgan fingerprint density at radius 3 is 2.48 bits per heavy atom. The predicted molar refractivity (Wildman–Crippen MR) is 80.6 cm³/mol. The van der Waals surface area contributed by atoms with Crippen LogP contribution in [0.3, 0.4) is 0 Å². The van der Waals surface area contributed by atoms with Crippen LogP contribution in [0.1, 0.15) is 25.8 Å². The number of esters is 1. The van der Waals surface area contributed by atoms with Gasteiger partial charge in [0.05, 0.1) is 18.6 Å². The van der Waals surface area contributed by atoms with Crippen molar-refractivity contribution < 1.29 is 27.4 Å². The zero-order valence-corrected chi connectivity index (χ0v) is 13.0. The highest BCUT2D eigenvalue weighted by Gasteiger charge is 2.30. The molecule has 0 aliphatic rings. The Labute approximate surface area is 132 Å². The average molecular weight is 326 g/mol. The molecular weight excluding hydrogens is 309 g/mol. The second-order valence-corrected chi connectivity index (χ2v) is 5.26. The van der Waals surface area contributed by atoms with Crippen molar-refractivity contribution in [3.05, 3.63) is 35.9 Å². The first-order valence-corrected chi connectivity index (χ1v) is 7.17. The van der Waals surface area contributed by atoms with Gasteiger partial charge in [-0.25, -0.2) is 0 Å². The molecule has 1 unspecified atom stereocenters. The molecule has 2 aromatic rings. The SMILES string of the molecule is CCC(C)C(=O)Oc1ccc2cc(C(F)(F)F)ccc2c1OC. The summed E-state index contributed by atoms with van der Waals surface area (Å²) in [6.45, 7) is 3.60. The maximum Gasteiger partial charge on any atom is 0.416 e. The Hall–Kier alpha value is -2.24. The number of carbonyl (C=O) groups is 1. The summed E-state index contributed by atoms with van der Waals surface area (Å²) < 4.78 is 48.9. The Kier molecular flexibility index (Phi) is 4.82. The van der Waals surface area contributed by atoms with Gasteiger partial charge in [0.1, 0.15) is 0 Å². The third-order valence-electron chi connectivity index (χ3n) is 3.69. The highest BCUT2D eigenvalue weighted by Crippen LogP contribution is 2.39. The lowest BCUT2D eigenvalue weighted by molar-refractivity contribution is -0.138. The van der Waals surface area contributed by atoms with E-state index in [0.717, 1.165) is 12.1 Å². The standard InChI is InChI=1S/C17H17F3O3/c1-4-10(2)16(21)23-14-8-5-11-9-12(17(18,19)20)6-7-13(11)15(14)22-3/h5-10H,4H2,1-3H3. The van der Waals surface area contributed by atoms with Crippen molar-refractivity contribution in [2.24, 2.45) is 5.92 Å². The van der Waals surface area contributed by atoms with Crippen molar-refractivity contribution in [1.82, 2.24) is 0 Å². The number of alkyl halides is 3. The van der Waals surface area contributed by atoms with Crippen LogP contribution in [0.5, 0.6) is 11.5 Å². The van der Waals surface area contributed by atoms with E-state index in [0.29, 0.717) is 17.2 Å². The van der Waals surface area contributed by atoms with Crippen molar-refractivity contribution in [2.75, 3.05) is 7.11 Å². The Morgan fingerprint density at radius 2 is 1.91 bits per heavy atom. The smallest absolute Gasteiger partial charge is 0.416 e. The molecule has 23 heavy (non-hydrogen) atoms. The molecular formula is C17H17F3O3. The van der Waals surface area contributed by atoms with Gasteiger partial charge in [-0.05, 0) is 36.1 Å².